The molecule has 3 aromatic rings. The van der Waals surface area contributed by atoms with Crippen LogP contribution in [-0.4, -0.2) is 37.3 Å². The van der Waals surface area contributed by atoms with Gasteiger partial charge in [-0.1, -0.05) is 18.2 Å². The lowest BCUT2D eigenvalue weighted by molar-refractivity contribution is -0.132. The first-order chi connectivity index (χ1) is 13.6. The zero-order chi connectivity index (χ0) is 19.5. The molecule has 7 nitrogen and oxygen atoms in total. The molecule has 3 heterocycles. The van der Waals surface area contributed by atoms with Crippen LogP contribution in [0.25, 0.3) is 11.5 Å². The molecule has 0 aliphatic carbocycles. The molecule has 8 heteroatoms. The first-order valence-corrected chi connectivity index (χ1v) is 9.01. The molecular weight excluding hydrogens is 361 g/mol. The molecule has 1 aliphatic rings. The Bertz CT molecular complexity index is 1070. The standard InChI is InChI=1S/C20H18FN5O2/c21-15-4-2-1-3-13(15)5-6-18(27)26-10-7-16-14(12-26)20(28)25-19(24-16)17-11-22-8-9-23-17/h1-4,8-9,11H,5-7,10,12H2,(H,24,25,28). The highest BCUT2D eigenvalue weighted by atomic mass is 19.1. The summed E-state index contributed by atoms with van der Waals surface area (Å²) in [5.41, 5.74) is 1.88. The molecule has 1 N–H and O–H groups in total. The maximum atomic E-state index is 13.7. The number of amides is 1. The fourth-order valence-corrected chi connectivity index (χ4v) is 3.28. The van der Waals surface area contributed by atoms with E-state index in [9.17, 15) is 14.0 Å². The van der Waals surface area contributed by atoms with E-state index in [2.05, 4.69) is 19.9 Å². The normalized spacial score (nSPS) is 13.2. The third-order valence-corrected chi connectivity index (χ3v) is 4.79. The molecule has 0 fully saturated rings. The summed E-state index contributed by atoms with van der Waals surface area (Å²) in [5.74, 6) is -0.0426. The lowest BCUT2D eigenvalue weighted by atomic mass is 10.0. The predicted molar refractivity (Wildman–Crippen MR) is 99.7 cm³/mol. The van der Waals surface area contributed by atoms with Crippen LogP contribution in [0.1, 0.15) is 23.2 Å². The maximum Gasteiger partial charge on any atom is 0.256 e. The molecule has 0 radical (unpaired) electrons. The second-order valence-corrected chi connectivity index (χ2v) is 6.59. The van der Waals surface area contributed by atoms with E-state index in [1.807, 2.05) is 0 Å². The Morgan fingerprint density at radius 1 is 1.25 bits per heavy atom. The minimum absolute atomic E-state index is 0.105. The second kappa shape index (κ2) is 7.67. The van der Waals surface area contributed by atoms with Gasteiger partial charge in [0.25, 0.3) is 5.56 Å². The molecule has 28 heavy (non-hydrogen) atoms. The predicted octanol–water partition coefficient (Wildman–Crippen LogP) is 1.88. The molecule has 0 unspecified atom stereocenters. The minimum Gasteiger partial charge on any atom is -0.338 e. The molecule has 1 amide bonds. The van der Waals surface area contributed by atoms with Crippen LogP contribution in [-0.2, 0) is 24.2 Å². The average Bonchev–Trinajstić information content (AvgIpc) is 2.73. The second-order valence-electron chi connectivity index (χ2n) is 6.59. The molecular formula is C20H18FN5O2. The van der Waals surface area contributed by atoms with E-state index >= 15 is 0 Å². The van der Waals surface area contributed by atoms with Gasteiger partial charge in [-0.15, -0.1) is 0 Å². The number of aryl methyl sites for hydroxylation is 1. The van der Waals surface area contributed by atoms with Gasteiger partial charge in [0.2, 0.25) is 5.91 Å². The van der Waals surface area contributed by atoms with Crippen molar-refractivity contribution >= 4 is 5.91 Å². The summed E-state index contributed by atoms with van der Waals surface area (Å²) < 4.78 is 13.7. The van der Waals surface area contributed by atoms with Crippen molar-refractivity contribution in [2.24, 2.45) is 0 Å². The van der Waals surface area contributed by atoms with Crippen LogP contribution >= 0.6 is 0 Å². The zero-order valence-electron chi connectivity index (χ0n) is 15.1. The fraction of sp³-hybridized carbons (Fsp3) is 0.250. The molecule has 4 rings (SSSR count). The number of nitrogens with one attached hydrogen (secondary N) is 1. The number of halogens is 1. The zero-order valence-corrected chi connectivity index (χ0v) is 15.1. The van der Waals surface area contributed by atoms with Gasteiger partial charge in [-0.25, -0.2) is 14.4 Å². The van der Waals surface area contributed by atoms with E-state index < -0.39 is 0 Å². The molecule has 1 aliphatic heterocycles. The maximum absolute atomic E-state index is 13.7. The highest BCUT2D eigenvalue weighted by molar-refractivity contribution is 5.76. The number of hydrogen-bond donors (Lipinski definition) is 1. The van der Waals surface area contributed by atoms with Gasteiger partial charge < -0.3 is 9.88 Å². The van der Waals surface area contributed by atoms with E-state index in [-0.39, 0.29) is 30.2 Å². The lowest BCUT2D eigenvalue weighted by Crippen LogP contribution is -2.39. The smallest absolute Gasteiger partial charge is 0.256 e. The highest BCUT2D eigenvalue weighted by Crippen LogP contribution is 2.18. The Morgan fingerprint density at radius 3 is 2.89 bits per heavy atom. The number of carbonyl (C=O) groups excluding carboxylic acids is 1. The van der Waals surface area contributed by atoms with Crippen molar-refractivity contribution < 1.29 is 9.18 Å². The van der Waals surface area contributed by atoms with Crippen LogP contribution in [0.2, 0.25) is 0 Å². The molecule has 0 bridgehead atoms. The number of carbonyl (C=O) groups is 1. The SMILES string of the molecule is O=C(CCc1ccccc1F)N1CCc2nc(-c3cnccn3)[nH]c(=O)c2C1. The largest absolute Gasteiger partial charge is 0.338 e. The highest BCUT2D eigenvalue weighted by Gasteiger charge is 2.25. The van der Waals surface area contributed by atoms with Crippen LogP contribution in [0, 0.1) is 5.82 Å². The first-order valence-electron chi connectivity index (χ1n) is 9.01. The van der Waals surface area contributed by atoms with E-state index in [1.165, 1.54) is 18.5 Å². The van der Waals surface area contributed by atoms with Crippen LogP contribution in [0.5, 0.6) is 0 Å². The number of aromatic nitrogens is 4. The van der Waals surface area contributed by atoms with Crippen LogP contribution in [0.3, 0.4) is 0 Å². The van der Waals surface area contributed by atoms with Crippen LogP contribution < -0.4 is 5.56 Å². The van der Waals surface area contributed by atoms with Gasteiger partial charge in [-0.2, -0.15) is 0 Å². The van der Waals surface area contributed by atoms with Gasteiger partial charge in [0.05, 0.1) is 24.0 Å². The molecule has 0 saturated heterocycles. The van der Waals surface area contributed by atoms with Gasteiger partial charge in [0.15, 0.2) is 5.82 Å². The lowest BCUT2D eigenvalue weighted by Gasteiger charge is -2.28. The number of rotatable bonds is 4. The Kier molecular flexibility index (Phi) is 4.92. The Morgan fingerprint density at radius 2 is 2.11 bits per heavy atom. The van der Waals surface area contributed by atoms with E-state index in [1.54, 1.807) is 29.3 Å². The first kappa shape index (κ1) is 18.0. The number of nitrogens with zero attached hydrogens (tertiary/aromatic N) is 4. The van der Waals surface area contributed by atoms with Crippen molar-refractivity contribution in [3.05, 3.63) is 75.8 Å². The van der Waals surface area contributed by atoms with Gasteiger partial charge in [-0.05, 0) is 18.1 Å². The van der Waals surface area contributed by atoms with Gasteiger partial charge in [0.1, 0.15) is 11.5 Å². The Balaban J connectivity index is 1.48. The summed E-state index contributed by atoms with van der Waals surface area (Å²) in [7, 11) is 0. The van der Waals surface area contributed by atoms with Crippen molar-refractivity contribution in [3.8, 4) is 11.5 Å². The summed E-state index contributed by atoms with van der Waals surface area (Å²) in [6, 6.07) is 6.43. The summed E-state index contributed by atoms with van der Waals surface area (Å²) in [6.07, 6.45) is 5.62. The van der Waals surface area contributed by atoms with Gasteiger partial charge >= 0.3 is 0 Å². The third-order valence-electron chi connectivity index (χ3n) is 4.79. The molecule has 2 aromatic heterocycles. The summed E-state index contributed by atoms with van der Waals surface area (Å²) in [4.78, 5) is 42.0. The van der Waals surface area contributed by atoms with E-state index in [0.29, 0.717) is 47.7 Å². The quantitative estimate of drug-likeness (QED) is 0.747. The van der Waals surface area contributed by atoms with Crippen molar-refractivity contribution in [3.63, 3.8) is 0 Å². The summed E-state index contributed by atoms with van der Waals surface area (Å²) in [5, 5.41) is 0. The number of H-pyrrole nitrogens is 1. The molecule has 142 valence electrons. The molecule has 1 aromatic carbocycles. The van der Waals surface area contributed by atoms with Crippen molar-refractivity contribution in [1.29, 1.82) is 0 Å². The van der Waals surface area contributed by atoms with Gasteiger partial charge in [-0.3, -0.25) is 14.6 Å². The number of aromatic amines is 1. The van der Waals surface area contributed by atoms with Crippen molar-refractivity contribution in [2.75, 3.05) is 6.54 Å². The Hall–Kier alpha value is -3.42. The topological polar surface area (TPSA) is 91.8 Å². The monoisotopic (exact) mass is 379 g/mol. The Labute approximate surface area is 160 Å². The molecule has 0 atom stereocenters. The van der Waals surface area contributed by atoms with E-state index in [0.717, 1.165) is 0 Å². The average molecular weight is 379 g/mol. The van der Waals surface area contributed by atoms with Crippen LogP contribution in [0.4, 0.5) is 4.39 Å². The summed E-state index contributed by atoms with van der Waals surface area (Å²) >= 11 is 0. The van der Waals surface area contributed by atoms with Crippen molar-refractivity contribution in [2.45, 2.75) is 25.8 Å². The number of hydrogen-bond acceptors (Lipinski definition) is 5. The fourth-order valence-electron chi connectivity index (χ4n) is 3.28. The van der Waals surface area contributed by atoms with Gasteiger partial charge in [0, 0.05) is 31.8 Å². The van der Waals surface area contributed by atoms with Crippen LogP contribution in [0.15, 0.2) is 47.7 Å². The van der Waals surface area contributed by atoms with E-state index in [4.69, 9.17) is 0 Å². The number of benzene rings is 1. The van der Waals surface area contributed by atoms with Crippen molar-refractivity contribution in [1.82, 2.24) is 24.8 Å². The third kappa shape index (κ3) is 3.66. The number of fused-ring (bicyclic) bond motifs is 1. The molecule has 0 spiro atoms. The minimum atomic E-state index is -0.309. The molecule has 0 saturated carbocycles. The summed E-state index contributed by atoms with van der Waals surface area (Å²) in [6.45, 7) is 0.675.